The van der Waals surface area contributed by atoms with Crippen LogP contribution in [0.4, 0.5) is 15.8 Å². The minimum atomic E-state index is -0.833. The molecule has 0 bridgehead atoms. The molecular weight excluding hydrogens is 530 g/mol. The Hall–Kier alpha value is -4.82. The van der Waals surface area contributed by atoms with E-state index >= 15 is 0 Å². The van der Waals surface area contributed by atoms with E-state index in [1.807, 2.05) is 44.4 Å². The first-order chi connectivity index (χ1) is 20.4. The third-order valence-electron chi connectivity index (χ3n) is 7.97. The Bertz CT molecular complexity index is 1670. The number of halogens is 1. The number of benzene rings is 2. The Kier molecular flexibility index (Phi) is 7.31. The van der Waals surface area contributed by atoms with Crippen LogP contribution in [0.3, 0.4) is 0 Å². The highest BCUT2D eigenvalue weighted by Gasteiger charge is 2.38. The van der Waals surface area contributed by atoms with Crippen molar-refractivity contribution >= 4 is 30.1 Å². The third kappa shape index (κ3) is 5.17. The van der Waals surface area contributed by atoms with Crippen molar-refractivity contribution < 1.29 is 9.13 Å². The average molecular weight is 562 g/mol. The van der Waals surface area contributed by atoms with Crippen molar-refractivity contribution in [1.29, 1.82) is 5.26 Å². The number of nitriles is 1. The Labute approximate surface area is 245 Å². The normalized spacial score (nSPS) is 16.6. The number of hydrogen-bond acceptors (Lipinski definition) is 9. The second-order valence-electron chi connectivity index (χ2n) is 10.8. The quantitative estimate of drug-likeness (QED) is 0.165. The summed E-state index contributed by atoms with van der Waals surface area (Å²) in [4.78, 5) is 8.54. The number of rotatable bonds is 10. The number of hydrogen-bond donors (Lipinski definition) is 4. The van der Waals surface area contributed by atoms with E-state index in [-0.39, 0.29) is 6.04 Å². The van der Waals surface area contributed by atoms with Gasteiger partial charge in [0.1, 0.15) is 25.2 Å². The molecular formula is C31H32BFN8O. The first kappa shape index (κ1) is 27.4. The lowest BCUT2D eigenvalue weighted by molar-refractivity contribution is 0.260. The van der Waals surface area contributed by atoms with Crippen LogP contribution in [-0.2, 0) is 5.44 Å². The van der Waals surface area contributed by atoms with Crippen LogP contribution in [0.1, 0.15) is 48.9 Å². The molecule has 1 unspecified atom stereocenters. The fraction of sp³-hybridized carbons (Fsp3) is 0.258. The van der Waals surface area contributed by atoms with Crippen molar-refractivity contribution in [1.82, 2.24) is 25.9 Å². The summed E-state index contributed by atoms with van der Waals surface area (Å²) in [5, 5.41) is 20.2. The van der Waals surface area contributed by atoms with Gasteiger partial charge in [-0.05, 0) is 42.5 Å². The standard InChI is InChI=1S/C31H32BFN8O/c1-3-25(19-7-5-4-6-8-19)37-29-20(15-34)16-36-30-24(29)13-22(14-26(30)42-2)38-31(32,21-9-12-28(33)35-17-21)27-18-41(40-39-27)23-10-11-23/h4-9,12-14,16-18,23,25,38-40H,3,10-11,32H2,1-2H3,(H,36,37)/t25-,31?/m1/s1. The number of nitrogens with zero attached hydrogens (tertiary/aromatic N) is 4. The lowest BCUT2D eigenvalue weighted by Gasteiger charge is -2.34. The molecule has 2 aromatic carbocycles. The summed E-state index contributed by atoms with van der Waals surface area (Å²) < 4.78 is 19.7. The molecule has 0 spiro atoms. The Balaban J connectivity index is 1.46. The van der Waals surface area contributed by atoms with E-state index in [0.29, 0.717) is 28.6 Å². The number of ether oxygens (including phenoxy) is 1. The van der Waals surface area contributed by atoms with E-state index in [4.69, 9.17) is 4.74 Å². The van der Waals surface area contributed by atoms with Crippen LogP contribution >= 0.6 is 0 Å². The number of anilines is 2. The summed E-state index contributed by atoms with van der Waals surface area (Å²) >= 11 is 0. The maximum atomic E-state index is 13.9. The molecule has 4 aromatic rings. The molecule has 1 fully saturated rings. The lowest BCUT2D eigenvalue weighted by Crippen LogP contribution is -2.45. The van der Waals surface area contributed by atoms with Crippen LogP contribution in [0.25, 0.3) is 10.9 Å². The first-order valence-corrected chi connectivity index (χ1v) is 14.1. The van der Waals surface area contributed by atoms with Gasteiger partial charge < -0.3 is 20.8 Å². The average Bonchev–Trinajstić information content (AvgIpc) is 3.75. The number of hydrazine groups is 2. The molecule has 0 radical (unpaired) electrons. The molecule has 212 valence electrons. The van der Waals surface area contributed by atoms with Gasteiger partial charge in [-0.25, -0.2) is 4.98 Å². The van der Waals surface area contributed by atoms with Crippen LogP contribution < -0.4 is 26.3 Å². The molecule has 42 heavy (non-hydrogen) atoms. The molecule has 2 aliphatic rings. The molecule has 1 saturated carbocycles. The molecule has 0 amide bonds. The second-order valence-corrected chi connectivity index (χ2v) is 10.8. The number of fused-ring (bicyclic) bond motifs is 1. The van der Waals surface area contributed by atoms with Gasteiger partial charge in [0.25, 0.3) is 0 Å². The molecule has 6 rings (SSSR count). The lowest BCUT2D eigenvalue weighted by atomic mass is 9.70. The van der Waals surface area contributed by atoms with Gasteiger partial charge in [-0.1, -0.05) is 43.3 Å². The van der Waals surface area contributed by atoms with Gasteiger partial charge >= 0.3 is 0 Å². The van der Waals surface area contributed by atoms with Gasteiger partial charge in [0.05, 0.1) is 35.5 Å². The van der Waals surface area contributed by atoms with E-state index in [1.165, 1.54) is 12.3 Å². The maximum absolute atomic E-state index is 13.9. The van der Waals surface area contributed by atoms with Gasteiger partial charge in [0.15, 0.2) is 0 Å². The number of aromatic nitrogens is 2. The third-order valence-corrected chi connectivity index (χ3v) is 7.97. The number of methoxy groups -OCH3 is 1. The molecule has 3 heterocycles. The van der Waals surface area contributed by atoms with Crippen molar-refractivity contribution in [3.63, 3.8) is 0 Å². The van der Waals surface area contributed by atoms with Gasteiger partial charge in [0.2, 0.25) is 5.95 Å². The second kappa shape index (κ2) is 11.2. The Morgan fingerprint density at radius 1 is 1.19 bits per heavy atom. The monoisotopic (exact) mass is 562 g/mol. The summed E-state index contributed by atoms with van der Waals surface area (Å²) in [5.41, 5.74) is 10.9. The highest BCUT2D eigenvalue weighted by molar-refractivity contribution is 6.19. The van der Waals surface area contributed by atoms with Gasteiger partial charge in [-0.15, -0.1) is 5.53 Å². The zero-order valence-corrected chi connectivity index (χ0v) is 23.8. The molecule has 1 aliphatic carbocycles. The minimum Gasteiger partial charge on any atom is -0.494 e. The van der Waals surface area contributed by atoms with E-state index in [0.717, 1.165) is 47.2 Å². The largest absolute Gasteiger partial charge is 0.494 e. The summed E-state index contributed by atoms with van der Waals surface area (Å²) in [6.45, 7) is 2.11. The first-order valence-electron chi connectivity index (χ1n) is 14.1. The molecule has 11 heteroatoms. The maximum Gasteiger partial charge on any atom is 0.212 e. The van der Waals surface area contributed by atoms with E-state index in [1.54, 1.807) is 19.4 Å². The summed E-state index contributed by atoms with van der Waals surface area (Å²) in [5.74, 6) is 0.00950. The predicted octanol–water partition coefficient (Wildman–Crippen LogP) is 4.44. The topological polar surface area (TPSA) is 110 Å². The van der Waals surface area contributed by atoms with Crippen LogP contribution in [0.15, 0.2) is 78.9 Å². The van der Waals surface area contributed by atoms with Crippen molar-refractivity contribution in [2.75, 3.05) is 17.7 Å². The van der Waals surface area contributed by atoms with Crippen LogP contribution in [0.2, 0.25) is 0 Å². The molecule has 2 aromatic heterocycles. The minimum absolute atomic E-state index is 0.0191. The fourth-order valence-corrected chi connectivity index (χ4v) is 5.41. The van der Waals surface area contributed by atoms with Crippen LogP contribution in [0.5, 0.6) is 5.75 Å². The Morgan fingerprint density at radius 3 is 2.67 bits per heavy atom. The molecule has 9 nitrogen and oxygen atoms in total. The molecule has 4 N–H and O–H groups in total. The van der Waals surface area contributed by atoms with E-state index in [9.17, 15) is 9.65 Å². The SMILES string of the molecule is BC(Nc1cc(OC)c2ncc(C#N)c(N[C@H](CC)c3ccccc3)c2c1)(C1=CN(C2CC2)NN1)c1ccc(F)nc1. The fourth-order valence-electron chi connectivity index (χ4n) is 5.41. The van der Waals surface area contributed by atoms with Crippen molar-refractivity contribution in [3.05, 3.63) is 102 Å². The van der Waals surface area contributed by atoms with Crippen LogP contribution in [0, 0.1) is 17.3 Å². The van der Waals surface area contributed by atoms with E-state index < -0.39 is 11.4 Å². The molecule has 1 aliphatic heterocycles. The molecule has 0 saturated heterocycles. The summed E-state index contributed by atoms with van der Waals surface area (Å²) in [6, 6.07) is 19.8. The molecule has 2 atom stereocenters. The highest BCUT2D eigenvalue weighted by atomic mass is 19.1. The smallest absolute Gasteiger partial charge is 0.212 e. The van der Waals surface area contributed by atoms with Crippen molar-refractivity contribution in [2.45, 2.75) is 43.7 Å². The zero-order valence-electron chi connectivity index (χ0n) is 23.8. The Morgan fingerprint density at radius 2 is 2.00 bits per heavy atom. The van der Waals surface area contributed by atoms with Crippen LogP contribution in [-0.4, -0.2) is 36.0 Å². The van der Waals surface area contributed by atoms with E-state index in [2.05, 4.69) is 61.7 Å². The highest BCUT2D eigenvalue weighted by Crippen LogP contribution is 2.40. The van der Waals surface area contributed by atoms with Crippen molar-refractivity contribution in [3.8, 4) is 11.8 Å². The number of pyridine rings is 2. The summed E-state index contributed by atoms with van der Waals surface area (Å²) in [7, 11) is 3.62. The zero-order chi connectivity index (χ0) is 29.3. The summed E-state index contributed by atoms with van der Waals surface area (Å²) in [6.07, 6.45) is 8.21. The van der Waals surface area contributed by atoms with Gasteiger partial charge in [0, 0.05) is 41.8 Å². The van der Waals surface area contributed by atoms with Crippen molar-refractivity contribution in [2.24, 2.45) is 0 Å². The van der Waals surface area contributed by atoms with Gasteiger partial charge in [-0.3, -0.25) is 9.99 Å². The van der Waals surface area contributed by atoms with Gasteiger partial charge in [-0.2, -0.15) is 9.65 Å². The number of nitrogens with one attached hydrogen (secondary N) is 4. The predicted molar refractivity (Wildman–Crippen MR) is 163 cm³/mol.